The Morgan fingerprint density at radius 3 is 2.93 bits per heavy atom. The summed E-state index contributed by atoms with van der Waals surface area (Å²) in [6.45, 7) is 0.771. The summed E-state index contributed by atoms with van der Waals surface area (Å²) in [4.78, 5) is 4.04. The highest BCUT2D eigenvalue weighted by Crippen LogP contribution is 2.05. The molecule has 0 saturated carbocycles. The van der Waals surface area contributed by atoms with E-state index in [2.05, 4.69) is 15.4 Å². The van der Waals surface area contributed by atoms with Crippen LogP contribution in [0.5, 0.6) is 0 Å². The lowest BCUT2D eigenvalue weighted by atomic mass is 10.3. The first-order valence-corrected chi connectivity index (χ1v) is 4.47. The van der Waals surface area contributed by atoms with Gasteiger partial charge in [0.1, 0.15) is 5.82 Å². The first kappa shape index (κ1) is 8.74. The van der Waals surface area contributed by atoms with E-state index >= 15 is 0 Å². The van der Waals surface area contributed by atoms with Gasteiger partial charge in [0.05, 0.1) is 6.20 Å². The Morgan fingerprint density at radius 2 is 2.29 bits per heavy atom. The number of pyridine rings is 1. The van der Waals surface area contributed by atoms with Gasteiger partial charge in [0.15, 0.2) is 0 Å². The van der Waals surface area contributed by atoms with Crippen LogP contribution in [0, 0.1) is 0 Å². The van der Waals surface area contributed by atoms with E-state index in [0.717, 1.165) is 17.9 Å². The molecule has 72 valence electrons. The van der Waals surface area contributed by atoms with Gasteiger partial charge in [-0.1, -0.05) is 6.07 Å². The molecule has 2 rings (SSSR count). The van der Waals surface area contributed by atoms with Gasteiger partial charge < -0.3 is 5.32 Å². The standard InChI is InChI=1S/C10H12N4/c1-14-10(4-6-13-14)12-8-9-3-2-5-11-7-9/h2-7,12H,8H2,1H3. The average molecular weight is 188 g/mol. The van der Waals surface area contributed by atoms with E-state index in [1.807, 2.05) is 31.4 Å². The second kappa shape index (κ2) is 3.91. The van der Waals surface area contributed by atoms with Crippen molar-refractivity contribution in [2.24, 2.45) is 7.05 Å². The van der Waals surface area contributed by atoms with Gasteiger partial charge in [-0.2, -0.15) is 5.10 Å². The summed E-state index contributed by atoms with van der Waals surface area (Å²) in [7, 11) is 1.91. The van der Waals surface area contributed by atoms with Crippen molar-refractivity contribution in [3.05, 3.63) is 42.4 Å². The molecule has 0 bridgehead atoms. The zero-order valence-electron chi connectivity index (χ0n) is 8.01. The largest absolute Gasteiger partial charge is 0.366 e. The van der Waals surface area contributed by atoms with Gasteiger partial charge in [0.2, 0.25) is 0 Å². The highest BCUT2D eigenvalue weighted by molar-refractivity contribution is 5.34. The second-order valence-corrected chi connectivity index (χ2v) is 3.05. The Bertz CT molecular complexity index is 394. The van der Waals surface area contributed by atoms with Crippen molar-refractivity contribution in [1.29, 1.82) is 0 Å². The molecule has 0 radical (unpaired) electrons. The van der Waals surface area contributed by atoms with Crippen LogP contribution in [0.25, 0.3) is 0 Å². The fourth-order valence-corrected chi connectivity index (χ4v) is 1.24. The smallest absolute Gasteiger partial charge is 0.124 e. The van der Waals surface area contributed by atoms with Crippen molar-refractivity contribution in [2.75, 3.05) is 5.32 Å². The van der Waals surface area contributed by atoms with E-state index in [-0.39, 0.29) is 0 Å². The molecule has 0 spiro atoms. The van der Waals surface area contributed by atoms with Crippen molar-refractivity contribution in [3.8, 4) is 0 Å². The zero-order chi connectivity index (χ0) is 9.80. The molecule has 0 aliphatic rings. The van der Waals surface area contributed by atoms with Crippen molar-refractivity contribution in [2.45, 2.75) is 6.54 Å². The number of nitrogens with one attached hydrogen (secondary N) is 1. The molecule has 0 aromatic carbocycles. The Morgan fingerprint density at radius 1 is 1.36 bits per heavy atom. The van der Waals surface area contributed by atoms with Gasteiger partial charge in [-0.3, -0.25) is 9.67 Å². The summed E-state index contributed by atoms with van der Waals surface area (Å²) < 4.78 is 1.80. The number of anilines is 1. The normalized spacial score (nSPS) is 10.1. The van der Waals surface area contributed by atoms with Crippen LogP contribution in [-0.2, 0) is 13.6 Å². The number of rotatable bonds is 3. The molecule has 0 saturated heterocycles. The van der Waals surface area contributed by atoms with Crippen LogP contribution in [0.15, 0.2) is 36.8 Å². The molecule has 0 fully saturated rings. The molecule has 2 aromatic heterocycles. The molecule has 4 nitrogen and oxygen atoms in total. The van der Waals surface area contributed by atoms with Gasteiger partial charge in [-0.25, -0.2) is 0 Å². The van der Waals surface area contributed by atoms with E-state index in [9.17, 15) is 0 Å². The molecular weight excluding hydrogens is 176 g/mol. The highest BCUT2D eigenvalue weighted by atomic mass is 15.3. The van der Waals surface area contributed by atoms with Crippen LogP contribution < -0.4 is 5.32 Å². The van der Waals surface area contributed by atoms with Gasteiger partial charge in [-0.05, 0) is 11.6 Å². The SMILES string of the molecule is Cn1nccc1NCc1cccnc1. The fourth-order valence-electron chi connectivity index (χ4n) is 1.24. The van der Waals surface area contributed by atoms with Gasteiger partial charge in [0.25, 0.3) is 0 Å². The average Bonchev–Trinajstić information content (AvgIpc) is 2.63. The van der Waals surface area contributed by atoms with Crippen LogP contribution in [0.2, 0.25) is 0 Å². The van der Waals surface area contributed by atoms with Crippen molar-refractivity contribution >= 4 is 5.82 Å². The summed E-state index contributed by atoms with van der Waals surface area (Å²) in [5, 5.41) is 7.34. The van der Waals surface area contributed by atoms with Crippen LogP contribution in [-0.4, -0.2) is 14.8 Å². The molecule has 14 heavy (non-hydrogen) atoms. The monoisotopic (exact) mass is 188 g/mol. The highest BCUT2D eigenvalue weighted by Gasteiger charge is 1.96. The predicted octanol–water partition coefficient (Wildman–Crippen LogP) is 1.43. The molecule has 2 aromatic rings. The maximum Gasteiger partial charge on any atom is 0.124 e. The van der Waals surface area contributed by atoms with E-state index in [4.69, 9.17) is 0 Å². The lowest BCUT2D eigenvalue weighted by Gasteiger charge is -2.05. The molecule has 0 unspecified atom stereocenters. The van der Waals surface area contributed by atoms with Gasteiger partial charge in [-0.15, -0.1) is 0 Å². The minimum absolute atomic E-state index is 0.771. The van der Waals surface area contributed by atoms with E-state index in [1.54, 1.807) is 17.1 Å². The predicted molar refractivity (Wildman–Crippen MR) is 54.8 cm³/mol. The molecule has 0 amide bonds. The molecule has 0 aliphatic carbocycles. The lowest BCUT2D eigenvalue weighted by Crippen LogP contribution is -2.04. The minimum Gasteiger partial charge on any atom is -0.366 e. The minimum atomic E-state index is 0.771. The molecule has 1 N–H and O–H groups in total. The summed E-state index contributed by atoms with van der Waals surface area (Å²) >= 11 is 0. The summed E-state index contributed by atoms with van der Waals surface area (Å²) in [5.74, 6) is 1.01. The maximum atomic E-state index is 4.07. The summed E-state index contributed by atoms with van der Waals surface area (Å²) in [6.07, 6.45) is 5.39. The number of aromatic nitrogens is 3. The van der Waals surface area contributed by atoms with E-state index in [0.29, 0.717) is 0 Å². The quantitative estimate of drug-likeness (QED) is 0.792. The first-order valence-electron chi connectivity index (χ1n) is 4.47. The topological polar surface area (TPSA) is 42.7 Å². The maximum absolute atomic E-state index is 4.07. The van der Waals surface area contributed by atoms with Crippen LogP contribution in [0.1, 0.15) is 5.56 Å². The van der Waals surface area contributed by atoms with E-state index in [1.165, 1.54) is 0 Å². The first-order chi connectivity index (χ1) is 6.86. The number of hydrogen-bond donors (Lipinski definition) is 1. The van der Waals surface area contributed by atoms with Crippen molar-refractivity contribution in [3.63, 3.8) is 0 Å². The van der Waals surface area contributed by atoms with Crippen LogP contribution in [0.4, 0.5) is 5.82 Å². The van der Waals surface area contributed by atoms with Crippen LogP contribution >= 0.6 is 0 Å². The Balaban J connectivity index is 1.99. The number of nitrogens with zero attached hydrogens (tertiary/aromatic N) is 3. The van der Waals surface area contributed by atoms with Gasteiger partial charge >= 0.3 is 0 Å². The summed E-state index contributed by atoms with van der Waals surface area (Å²) in [5.41, 5.74) is 1.16. The lowest BCUT2D eigenvalue weighted by molar-refractivity contribution is 0.768. The number of hydrogen-bond acceptors (Lipinski definition) is 3. The Hall–Kier alpha value is -1.84. The molecule has 4 heteroatoms. The zero-order valence-corrected chi connectivity index (χ0v) is 8.01. The third-order valence-electron chi connectivity index (χ3n) is 2.02. The molecule has 0 atom stereocenters. The summed E-state index contributed by atoms with van der Waals surface area (Å²) in [6, 6.07) is 5.91. The van der Waals surface area contributed by atoms with Crippen molar-refractivity contribution < 1.29 is 0 Å². The second-order valence-electron chi connectivity index (χ2n) is 3.05. The Kier molecular flexibility index (Phi) is 2.44. The van der Waals surface area contributed by atoms with E-state index < -0.39 is 0 Å². The molecule has 0 aliphatic heterocycles. The van der Waals surface area contributed by atoms with Crippen molar-refractivity contribution in [1.82, 2.24) is 14.8 Å². The third kappa shape index (κ3) is 1.90. The third-order valence-corrected chi connectivity index (χ3v) is 2.02. The van der Waals surface area contributed by atoms with Gasteiger partial charge in [0, 0.05) is 32.1 Å². The van der Waals surface area contributed by atoms with Crippen LogP contribution in [0.3, 0.4) is 0 Å². The molecule has 2 heterocycles. The fraction of sp³-hybridized carbons (Fsp3) is 0.200. The number of aryl methyl sites for hydroxylation is 1. The molecular formula is C10H12N4. The Labute approximate surface area is 82.6 Å².